The number of tetrazole rings is 1. The van der Waals surface area contributed by atoms with Crippen LogP contribution < -0.4 is 10.1 Å². The van der Waals surface area contributed by atoms with Gasteiger partial charge in [0.05, 0.1) is 24.6 Å². The number of ether oxygens (including phenoxy) is 1. The van der Waals surface area contributed by atoms with E-state index in [0.29, 0.717) is 12.1 Å². The fraction of sp³-hybridized carbons (Fsp3) is 0.185. The second kappa shape index (κ2) is 10.8. The highest BCUT2D eigenvalue weighted by Gasteiger charge is 2.33. The zero-order chi connectivity index (χ0) is 25.6. The average Bonchev–Trinajstić information content (AvgIpc) is 3.64. The number of anilines is 1. The van der Waals surface area contributed by atoms with Crippen LogP contribution in [-0.2, 0) is 9.59 Å². The zero-order valence-corrected chi connectivity index (χ0v) is 20.2. The number of carbonyl (C=O) groups excluding carboxylic acids is 2. The van der Waals surface area contributed by atoms with Gasteiger partial charge in [0.1, 0.15) is 12.1 Å². The molecule has 0 aliphatic carbocycles. The van der Waals surface area contributed by atoms with Crippen molar-refractivity contribution in [2.75, 3.05) is 12.4 Å². The molecule has 0 saturated carbocycles. The lowest BCUT2D eigenvalue weighted by atomic mass is 9.98. The summed E-state index contributed by atoms with van der Waals surface area (Å²) in [5, 5.41) is 20.1. The van der Waals surface area contributed by atoms with Crippen LogP contribution in [0.1, 0.15) is 36.4 Å². The summed E-state index contributed by atoms with van der Waals surface area (Å²) in [4.78, 5) is 25.8. The largest absolute Gasteiger partial charge is 0.497 e. The molecule has 5 rings (SSSR count). The number of carbonyl (C=O) groups is 2. The monoisotopic (exact) mass is 495 g/mol. The molecule has 1 N–H and O–H groups in total. The SMILES string of the molecule is COc1ccc(C2CC(c3ccccc3)=NN2C(=O)CCC(=O)Nc2ccc(-n3cnnn3)cc2)cc1. The van der Waals surface area contributed by atoms with Crippen molar-refractivity contribution in [1.29, 1.82) is 0 Å². The lowest BCUT2D eigenvalue weighted by Gasteiger charge is -2.22. The first-order valence-corrected chi connectivity index (χ1v) is 11.8. The van der Waals surface area contributed by atoms with Crippen LogP contribution in [0.4, 0.5) is 5.69 Å². The summed E-state index contributed by atoms with van der Waals surface area (Å²) in [5.41, 5.74) is 4.15. The van der Waals surface area contributed by atoms with E-state index in [1.165, 1.54) is 16.0 Å². The molecule has 0 bridgehead atoms. The number of amides is 2. The molecule has 1 atom stereocenters. The second-order valence-corrected chi connectivity index (χ2v) is 8.49. The molecule has 4 aromatic rings. The van der Waals surface area contributed by atoms with Gasteiger partial charge in [-0.2, -0.15) is 5.10 Å². The van der Waals surface area contributed by atoms with Gasteiger partial charge in [0.25, 0.3) is 0 Å². The summed E-state index contributed by atoms with van der Waals surface area (Å²) in [5.74, 6) is 0.276. The lowest BCUT2D eigenvalue weighted by Crippen LogP contribution is -2.28. The van der Waals surface area contributed by atoms with Crippen LogP contribution in [-0.4, -0.2) is 49.9 Å². The number of hydrazone groups is 1. The number of rotatable bonds is 8. The third kappa shape index (κ3) is 5.53. The summed E-state index contributed by atoms with van der Waals surface area (Å²) < 4.78 is 6.79. The van der Waals surface area contributed by atoms with Gasteiger partial charge in [0.2, 0.25) is 11.8 Å². The van der Waals surface area contributed by atoms with Crippen LogP contribution in [0.3, 0.4) is 0 Å². The Bertz CT molecular complexity index is 1390. The Morgan fingerprint density at radius 2 is 1.73 bits per heavy atom. The number of benzene rings is 3. The van der Waals surface area contributed by atoms with Gasteiger partial charge in [-0.25, -0.2) is 9.69 Å². The zero-order valence-electron chi connectivity index (χ0n) is 20.2. The van der Waals surface area contributed by atoms with Gasteiger partial charge in [-0.15, -0.1) is 5.10 Å². The van der Waals surface area contributed by atoms with Gasteiger partial charge in [-0.05, 0) is 58.0 Å². The predicted octanol–water partition coefficient (Wildman–Crippen LogP) is 3.77. The Balaban J connectivity index is 1.25. The second-order valence-electron chi connectivity index (χ2n) is 8.49. The molecular weight excluding hydrogens is 470 g/mol. The summed E-state index contributed by atoms with van der Waals surface area (Å²) in [6, 6.07) is 24.3. The van der Waals surface area contributed by atoms with Crippen molar-refractivity contribution >= 4 is 23.2 Å². The predicted molar refractivity (Wildman–Crippen MR) is 137 cm³/mol. The highest BCUT2D eigenvalue weighted by molar-refractivity contribution is 6.03. The van der Waals surface area contributed by atoms with Crippen molar-refractivity contribution in [3.05, 3.63) is 96.3 Å². The van der Waals surface area contributed by atoms with Gasteiger partial charge in [-0.1, -0.05) is 42.5 Å². The third-order valence-electron chi connectivity index (χ3n) is 6.10. The third-order valence-corrected chi connectivity index (χ3v) is 6.10. The summed E-state index contributed by atoms with van der Waals surface area (Å²) >= 11 is 0. The highest BCUT2D eigenvalue weighted by atomic mass is 16.5. The summed E-state index contributed by atoms with van der Waals surface area (Å²) in [7, 11) is 1.62. The number of nitrogens with one attached hydrogen (secondary N) is 1. The van der Waals surface area contributed by atoms with Crippen molar-refractivity contribution in [2.24, 2.45) is 5.10 Å². The minimum absolute atomic E-state index is 0.0345. The maximum absolute atomic E-state index is 13.3. The maximum atomic E-state index is 13.3. The number of methoxy groups -OCH3 is 1. The molecule has 0 saturated heterocycles. The Labute approximate surface area is 213 Å². The average molecular weight is 496 g/mol. The Morgan fingerprint density at radius 3 is 2.41 bits per heavy atom. The van der Waals surface area contributed by atoms with Crippen molar-refractivity contribution < 1.29 is 14.3 Å². The molecule has 0 spiro atoms. The van der Waals surface area contributed by atoms with E-state index in [-0.39, 0.29) is 30.7 Å². The van der Waals surface area contributed by atoms with E-state index in [1.807, 2.05) is 54.6 Å². The molecule has 1 aliphatic heterocycles. The van der Waals surface area contributed by atoms with Crippen molar-refractivity contribution in [3.63, 3.8) is 0 Å². The molecule has 2 heterocycles. The molecule has 1 aliphatic rings. The molecule has 0 radical (unpaired) electrons. The Morgan fingerprint density at radius 1 is 0.973 bits per heavy atom. The molecule has 10 heteroatoms. The fourth-order valence-electron chi connectivity index (χ4n) is 4.17. The van der Waals surface area contributed by atoms with E-state index < -0.39 is 0 Å². The van der Waals surface area contributed by atoms with Crippen LogP contribution in [0.5, 0.6) is 5.75 Å². The maximum Gasteiger partial charge on any atom is 0.243 e. The molecular formula is C27H25N7O3. The number of hydrogen-bond acceptors (Lipinski definition) is 7. The van der Waals surface area contributed by atoms with E-state index in [4.69, 9.17) is 4.74 Å². The van der Waals surface area contributed by atoms with Gasteiger partial charge < -0.3 is 10.1 Å². The molecule has 186 valence electrons. The van der Waals surface area contributed by atoms with Gasteiger partial charge in [0.15, 0.2) is 0 Å². The van der Waals surface area contributed by atoms with E-state index in [2.05, 4.69) is 25.9 Å². The van der Waals surface area contributed by atoms with Crippen LogP contribution in [0.15, 0.2) is 90.3 Å². The van der Waals surface area contributed by atoms with E-state index in [0.717, 1.165) is 28.3 Å². The molecule has 10 nitrogen and oxygen atoms in total. The van der Waals surface area contributed by atoms with Gasteiger partial charge in [-0.3, -0.25) is 9.59 Å². The minimum Gasteiger partial charge on any atom is -0.497 e. The molecule has 37 heavy (non-hydrogen) atoms. The normalized spacial score (nSPS) is 14.8. The lowest BCUT2D eigenvalue weighted by molar-refractivity contribution is -0.134. The van der Waals surface area contributed by atoms with Crippen molar-refractivity contribution in [1.82, 2.24) is 25.2 Å². The summed E-state index contributed by atoms with van der Waals surface area (Å²) in [6.45, 7) is 0. The first-order chi connectivity index (χ1) is 18.1. The Hall–Kier alpha value is -4.86. The molecule has 1 aromatic heterocycles. The first-order valence-electron chi connectivity index (χ1n) is 11.8. The van der Waals surface area contributed by atoms with E-state index in [1.54, 1.807) is 31.4 Å². The smallest absolute Gasteiger partial charge is 0.243 e. The molecule has 1 unspecified atom stereocenters. The standard InChI is InChI=1S/C27H25N7O3/c1-37-23-13-7-20(8-14-23)25-17-24(19-5-3-2-4-6-19)30-34(25)27(36)16-15-26(35)29-21-9-11-22(12-10-21)33-18-28-31-32-33/h2-14,18,25H,15-17H2,1H3,(H,29,35). The topological polar surface area (TPSA) is 115 Å². The van der Waals surface area contributed by atoms with Crippen LogP contribution >= 0.6 is 0 Å². The molecule has 3 aromatic carbocycles. The number of aromatic nitrogens is 4. The minimum atomic E-state index is -0.254. The molecule has 0 fully saturated rings. The van der Waals surface area contributed by atoms with E-state index in [9.17, 15) is 9.59 Å². The van der Waals surface area contributed by atoms with Gasteiger partial charge >= 0.3 is 0 Å². The Kier molecular flexibility index (Phi) is 6.98. The van der Waals surface area contributed by atoms with Crippen LogP contribution in [0.2, 0.25) is 0 Å². The first kappa shape index (κ1) is 23.9. The molecule has 2 amide bonds. The quantitative estimate of drug-likeness (QED) is 0.398. The van der Waals surface area contributed by atoms with Gasteiger partial charge in [0, 0.05) is 24.9 Å². The van der Waals surface area contributed by atoms with Crippen molar-refractivity contribution in [2.45, 2.75) is 25.3 Å². The van der Waals surface area contributed by atoms with Crippen LogP contribution in [0, 0.1) is 0 Å². The fourth-order valence-corrected chi connectivity index (χ4v) is 4.17. The van der Waals surface area contributed by atoms with E-state index >= 15 is 0 Å². The van der Waals surface area contributed by atoms with Crippen molar-refractivity contribution in [3.8, 4) is 11.4 Å². The summed E-state index contributed by atoms with van der Waals surface area (Å²) in [6.07, 6.45) is 2.15. The highest BCUT2D eigenvalue weighted by Crippen LogP contribution is 2.34. The van der Waals surface area contributed by atoms with Crippen LogP contribution in [0.25, 0.3) is 5.69 Å². The number of hydrogen-bond donors (Lipinski definition) is 1. The number of nitrogens with zero attached hydrogens (tertiary/aromatic N) is 6.